The Morgan fingerprint density at radius 3 is 3.09 bits per heavy atom. The number of nitrogens with zero attached hydrogens (tertiary/aromatic N) is 2. The number of urea groups is 1. The summed E-state index contributed by atoms with van der Waals surface area (Å²) >= 11 is 0. The lowest BCUT2D eigenvalue weighted by Crippen LogP contribution is -2.42. The van der Waals surface area contributed by atoms with Crippen LogP contribution in [0.3, 0.4) is 0 Å². The van der Waals surface area contributed by atoms with Gasteiger partial charge in [0.25, 0.3) is 0 Å². The van der Waals surface area contributed by atoms with Crippen molar-refractivity contribution in [2.45, 2.75) is 43.4 Å². The molecule has 1 saturated carbocycles. The smallest absolute Gasteiger partial charge is 0.317 e. The number of ether oxygens (including phenoxy) is 1. The molecule has 2 aliphatic heterocycles. The largest absolute Gasteiger partial charge is 0.379 e. The lowest BCUT2D eigenvalue weighted by atomic mass is 9.97. The Bertz CT molecular complexity index is 548. The van der Waals surface area contributed by atoms with Crippen LogP contribution < -0.4 is 10.6 Å². The number of amides is 2. The molecule has 0 unspecified atom stereocenters. The summed E-state index contributed by atoms with van der Waals surface area (Å²) in [6, 6.07) is 4.71. The highest BCUT2D eigenvalue weighted by Gasteiger charge is 2.47. The molecule has 2 saturated heterocycles. The van der Waals surface area contributed by atoms with E-state index in [1.165, 1.54) is 0 Å². The van der Waals surface area contributed by atoms with Crippen molar-refractivity contribution < 1.29 is 9.53 Å². The van der Waals surface area contributed by atoms with E-state index in [9.17, 15) is 4.79 Å². The first-order valence-electron chi connectivity index (χ1n) is 8.08. The maximum Gasteiger partial charge on any atom is 0.317 e. The molecule has 0 radical (unpaired) electrons. The Balaban J connectivity index is 1.33. The zero-order valence-electron chi connectivity index (χ0n) is 12.6. The molecular formula is C16H22N4O2. The summed E-state index contributed by atoms with van der Waals surface area (Å²) in [4.78, 5) is 18.2. The van der Waals surface area contributed by atoms with Crippen molar-refractivity contribution >= 4 is 11.7 Å². The van der Waals surface area contributed by atoms with E-state index in [0.29, 0.717) is 19.2 Å². The van der Waals surface area contributed by atoms with Crippen molar-refractivity contribution in [3.05, 3.63) is 24.5 Å². The minimum absolute atomic E-state index is 0.0756. The predicted octanol–water partition coefficient (Wildman–Crippen LogP) is 1.60. The Kier molecular flexibility index (Phi) is 3.41. The number of carbonyl (C=O) groups excluding carboxylic acids is 1. The van der Waals surface area contributed by atoms with Gasteiger partial charge in [0.1, 0.15) is 0 Å². The van der Waals surface area contributed by atoms with Gasteiger partial charge in [-0.2, -0.15) is 0 Å². The van der Waals surface area contributed by atoms with Crippen LogP contribution in [0.5, 0.6) is 0 Å². The molecule has 3 fully saturated rings. The second-order valence-electron chi connectivity index (χ2n) is 6.68. The van der Waals surface area contributed by atoms with Gasteiger partial charge in [-0.1, -0.05) is 0 Å². The Labute approximate surface area is 130 Å². The van der Waals surface area contributed by atoms with Crippen LogP contribution in [0, 0.1) is 0 Å². The minimum atomic E-state index is -0.166. The van der Waals surface area contributed by atoms with E-state index in [-0.39, 0.29) is 17.7 Å². The monoisotopic (exact) mass is 302 g/mol. The van der Waals surface area contributed by atoms with Gasteiger partial charge in [0, 0.05) is 31.4 Å². The number of pyridine rings is 1. The van der Waals surface area contributed by atoms with E-state index in [2.05, 4.69) is 15.6 Å². The molecule has 6 heteroatoms. The molecule has 0 aromatic carbocycles. The van der Waals surface area contributed by atoms with E-state index >= 15 is 0 Å². The summed E-state index contributed by atoms with van der Waals surface area (Å²) in [5.41, 5.74) is 0.857. The third kappa shape index (κ3) is 2.88. The van der Waals surface area contributed by atoms with Gasteiger partial charge in [-0.25, -0.2) is 4.79 Å². The third-order valence-electron chi connectivity index (χ3n) is 4.75. The number of rotatable bonds is 3. The average molecular weight is 302 g/mol. The molecule has 118 valence electrons. The molecule has 3 heterocycles. The van der Waals surface area contributed by atoms with Crippen molar-refractivity contribution in [1.29, 1.82) is 0 Å². The van der Waals surface area contributed by atoms with Gasteiger partial charge >= 0.3 is 6.03 Å². The standard InChI is InChI=1S/C16H22N4O2/c21-15(19-12-3-4-12)20-7-5-16(11-20)8-14(10-22-16)18-13-2-1-6-17-9-13/h1-2,6,9,12,14,18H,3-5,7-8,10-11H2,(H,19,21)/t14-,16+/m1/s1. The first-order chi connectivity index (χ1) is 10.7. The molecular weight excluding hydrogens is 280 g/mol. The van der Waals surface area contributed by atoms with Crippen LogP contribution in [0.15, 0.2) is 24.5 Å². The normalized spacial score (nSPS) is 30.7. The topological polar surface area (TPSA) is 66.5 Å². The van der Waals surface area contributed by atoms with Gasteiger partial charge in [-0.15, -0.1) is 0 Å². The van der Waals surface area contributed by atoms with Crippen LogP contribution in [-0.4, -0.2) is 53.3 Å². The van der Waals surface area contributed by atoms with E-state index in [0.717, 1.165) is 37.9 Å². The highest BCUT2D eigenvalue weighted by molar-refractivity contribution is 5.75. The predicted molar refractivity (Wildman–Crippen MR) is 82.7 cm³/mol. The van der Waals surface area contributed by atoms with Gasteiger partial charge in [0.15, 0.2) is 0 Å². The van der Waals surface area contributed by atoms with E-state index in [4.69, 9.17) is 4.74 Å². The van der Waals surface area contributed by atoms with E-state index < -0.39 is 0 Å². The Hall–Kier alpha value is -1.82. The molecule has 4 rings (SSSR count). The van der Waals surface area contributed by atoms with Crippen LogP contribution in [0.1, 0.15) is 25.7 Å². The first kappa shape index (κ1) is 13.8. The zero-order chi connectivity index (χ0) is 15.0. The van der Waals surface area contributed by atoms with Crippen molar-refractivity contribution in [2.75, 3.05) is 25.0 Å². The molecule has 2 amide bonds. The fraction of sp³-hybridized carbons (Fsp3) is 0.625. The fourth-order valence-corrected chi connectivity index (χ4v) is 3.42. The number of hydrogen-bond donors (Lipinski definition) is 2. The minimum Gasteiger partial charge on any atom is -0.379 e. The molecule has 1 aromatic heterocycles. The number of carbonyl (C=O) groups is 1. The van der Waals surface area contributed by atoms with Crippen molar-refractivity contribution in [3.63, 3.8) is 0 Å². The summed E-state index contributed by atoms with van der Waals surface area (Å²) in [6.07, 6.45) is 7.71. The summed E-state index contributed by atoms with van der Waals surface area (Å²) in [6.45, 7) is 2.18. The van der Waals surface area contributed by atoms with Crippen molar-refractivity contribution in [1.82, 2.24) is 15.2 Å². The SMILES string of the molecule is O=C(NC1CC1)N1CC[C@]2(C[C@@H](Nc3cccnc3)CO2)C1. The lowest BCUT2D eigenvalue weighted by Gasteiger charge is -2.23. The Morgan fingerprint density at radius 1 is 1.41 bits per heavy atom. The van der Waals surface area contributed by atoms with Crippen LogP contribution in [-0.2, 0) is 4.74 Å². The van der Waals surface area contributed by atoms with Gasteiger partial charge in [-0.3, -0.25) is 4.98 Å². The van der Waals surface area contributed by atoms with Crippen molar-refractivity contribution in [3.8, 4) is 0 Å². The Morgan fingerprint density at radius 2 is 2.32 bits per heavy atom. The molecule has 22 heavy (non-hydrogen) atoms. The highest BCUT2D eigenvalue weighted by Crippen LogP contribution is 2.36. The van der Waals surface area contributed by atoms with Crippen LogP contribution in [0.2, 0.25) is 0 Å². The molecule has 2 atom stereocenters. The molecule has 3 aliphatic rings. The summed E-state index contributed by atoms with van der Waals surface area (Å²) in [5.74, 6) is 0. The van der Waals surface area contributed by atoms with Crippen molar-refractivity contribution in [2.24, 2.45) is 0 Å². The fourth-order valence-electron chi connectivity index (χ4n) is 3.42. The second-order valence-corrected chi connectivity index (χ2v) is 6.68. The summed E-state index contributed by atoms with van der Waals surface area (Å²) < 4.78 is 6.08. The maximum absolute atomic E-state index is 12.1. The number of anilines is 1. The number of aromatic nitrogens is 1. The quantitative estimate of drug-likeness (QED) is 0.890. The van der Waals surface area contributed by atoms with E-state index in [1.54, 1.807) is 6.20 Å². The maximum atomic E-state index is 12.1. The van der Waals surface area contributed by atoms with Gasteiger partial charge < -0.3 is 20.3 Å². The van der Waals surface area contributed by atoms with Crippen LogP contribution >= 0.6 is 0 Å². The number of hydrogen-bond acceptors (Lipinski definition) is 4. The zero-order valence-corrected chi connectivity index (χ0v) is 12.6. The molecule has 6 nitrogen and oxygen atoms in total. The van der Waals surface area contributed by atoms with Gasteiger partial charge in [0.05, 0.1) is 30.5 Å². The lowest BCUT2D eigenvalue weighted by molar-refractivity contribution is 0.0150. The third-order valence-corrected chi connectivity index (χ3v) is 4.75. The molecule has 0 bridgehead atoms. The molecule has 1 spiro atoms. The van der Waals surface area contributed by atoms with E-state index in [1.807, 2.05) is 23.2 Å². The average Bonchev–Trinajstić information content (AvgIpc) is 3.11. The van der Waals surface area contributed by atoms with Gasteiger partial charge in [0.2, 0.25) is 0 Å². The second kappa shape index (κ2) is 5.43. The first-order valence-corrected chi connectivity index (χ1v) is 8.08. The number of likely N-dealkylation sites (tertiary alicyclic amines) is 1. The summed E-state index contributed by atoms with van der Waals surface area (Å²) in [5, 5.41) is 6.53. The van der Waals surface area contributed by atoms with Crippen LogP contribution in [0.4, 0.5) is 10.5 Å². The van der Waals surface area contributed by atoms with Crippen LogP contribution in [0.25, 0.3) is 0 Å². The van der Waals surface area contributed by atoms with Gasteiger partial charge in [-0.05, 0) is 31.4 Å². The highest BCUT2D eigenvalue weighted by atomic mass is 16.5. The molecule has 1 aromatic rings. The molecule has 2 N–H and O–H groups in total. The molecule has 1 aliphatic carbocycles. The summed E-state index contributed by atoms with van der Waals surface area (Å²) in [7, 11) is 0. The number of nitrogens with one attached hydrogen (secondary N) is 2.